The summed E-state index contributed by atoms with van der Waals surface area (Å²) >= 11 is 0. The van der Waals surface area contributed by atoms with Gasteiger partial charge in [0.1, 0.15) is 0 Å². The van der Waals surface area contributed by atoms with Gasteiger partial charge in [-0.25, -0.2) is 8.61 Å². The number of hydrogen-bond acceptors (Lipinski definition) is 10. The Morgan fingerprint density at radius 2 is 1.00 bits per heavy atom. The lowest BCUT2D eigenvalue weighted by atomic mass is 10.4. The Morgan fingerprint density at radius 1 is 0.708 bits per heavy atom. The van der Waals surface area contributed by atoms with E-state index in [1.54, 1.807) is 0 Å². The monoisotopic (exact) mass is 418 g/mol. The summed E-state index contributed by atoms with van der Waals surface area (Å²) in [5.74, 6) is -4.75. The van der Waals surface area contributed by atoms with Crippen molar-refractivity contribution in [2.24, 2.45) is 0 Å². The van der Waals surface area contributed by atoms with Crippen LogP contribution in [0.3, 0.4) is 0 Å². The third-order valence-electron chi connectivity index (χ3n) is 2.73. The van der Waals surface area contributed by atoms with Gasteiger partial charge in [-0.2, -0.15) is 16.8 Å². The van der Waals surface area contributed by atoms with Crippen molar-refractivity contribution >= 4 is 65.8 Å². The van der Waals surface area contributed by atoms with Crippen LogP contribution in [0, 0.1) is 10.5 Å². The molecule has 2 aliphatic rings. The van der Waals surface area contributed by atoms with Crippen LogP contribution in [0.15, 0.2) is 0 Å². The van der Waals surface area contributed by atoms with Gasteiger partial charge in [-0.15, -0.1) is 0 Å². The van der Waals surface area contributed by atoms with Crippen LogP contribution in [0.4, 0.5) is 0 Å². The average molecular weight is 418 g/mol. The number of imide groups is 2. The molecule has 0 aromatic heterocycles. The first kappa shape index (κ1) is 19.1. The second-order valence-electron chi connectivity index (χ2n) is 4.29. The molecule has 0 aromatic carbocycles. The third kappa shape index (κ3) is 3.57. The first-order valence-electron chi connectivity index (χ1n) is 5.60. The van der Waals surface area contributed by atoms with Crippen LogP contribution in [0.2, 0.25) is 0 Å². The Kier molecular flexibility index (Phi) is 4.99. The fourth-order valence-electron chi connectivity index (χ4n) is 1.64. The van der Waals surface area contributed by atoms with E-state index in [-0.39, 0.29) is 22.0 Å². The normalized spacial score (nSPS) is 21.4. The van der Waals surface area contributed by atoms with Gasteiger partial charge in [0.25, 0.3) is 32.1 Å². The van der Waals surface area contributed by atoms with Gasteiger partial charge in [0, 0.05) is 0 Å². The van der Waals surface area contributed by atoms with Crippen molar-refractivity contribution in [1.82, 2.24) is 8.61 Å². The molecule has 0 bridgehead atoms. The molecule has 0 aliphatic carbocycles. The minimum Gasteiger partial charge on any atom is -0.285 e. The van der Waals surface area contributed by atoms with Crippen molar-refractivity contribution in [3.05, 3.63) is 10.5 Å². The van der Waals surface area contributed by atoms with Crippen molar-refractivity contribution in [2.75, 3.05) is 0 Å². The molecule has 4 amide bonds. The third-order valence-corrected chi connectivity index (χ3v) is 6.81. The molecular weight excluding hydrogens is 412 g/mol. The second-order valence-corrected chi connectivity index (χ2v) is 9.09. The molecule has 2 heterocycles. The van der Waals surface area contributed by atoms with Crippen LogP contribution in [-0.4, -0.2) is 58.2 Å². The van der Waals surface area contributed by atoms with E-state index in [1.165, 1.54) is 0 Å². The minimum atomic E-state index is -4.89. The molecule has 2 saturated heterocycles. The maximum absolute atomic E-state index is 11.7. The van der Waals surface area contributed by atoms with Crippen molar-refractivity contribution in [2.45, 2.75) is 12.8 Å². The number of hydrogen-bond donors (Lipinski definition) is 2. The number of nitrogens with zero attached hydrogens (tertiary/aromatic N) is 2. The molecule has 0 aromatic rings. The molecule has 2 radical (unpaired) electrons. The molecule has 132 valence electrons. The van der Waals surface area contributed by atoms with Crippen molar-refractivity contribution in [3.8, 4) is 0 Å². The van der Waals surface area contributed by atoms with E-state index in [9.17, 15) is 36.0 Å². The van der Waals surface area contributed by atoms with E-state index in [0.29, 0.717) is 8.61 Å². The summed E-state index contributed by atoms with van der Waals surface area (Å²) in [7, 11) is -9.40. The van der Waals surface area contributed by atoms with Crippen molar-refractivity contribution in [1.29, 1.82) is 0 Å². The van der Waals surface area contributed by atoms with Crippen LogP contribution in [0.1, 0.15) is 12.8 Å². The van der Waals surface area contributed by atoms with Gasteiger partial charge in [-0.05, 0) is 0 Å². The number of carbonyl (C=O) groups excluding carboxylic acids is 4. The van der Waals surface area contributed by atoms with E-state index in [2.05, 4.69) is 0 Å². The standard InChI is InChI=1S/C8H6N2O10S4/c11-5-1-3(23(15,16)17)7(13)9(5)21-22-10-6(12)2-4(8(10)14)24(18,19)20/h1-2H2,(H,15,16,17)(H,18,19,20). The first-order chi connectivity index (χ1) is 10.8. The number of rotatable bonds is 5. The SMILES string of the molecule is O=C1C[C](S(=O)(=O)O)C(=O)N1SSN1C(=O)C[C](S(=O)(=O)O)C1=O. The Labute approximate surface area is 143 Å². The molecule has 0 atom stereocenters. The van der Waals surface area contributed by atoms with Gasteiger partial charge in [0.15, 0.2) is 0 Å². The lowest BCUT2D eigenvalue weighted by Crippen LogP contribution is -2.28. The molecule has 0 saturated carbocycles. The summed E-state index contributed by atoms with van der Waals surface area (Å²) in [5, 5.41) is -2.13. The summed E-state index contributed by atoms with van der Waals surface area (Å²) in [6, 6.07) is 0. The summed E-state index contributed by atoms with van der Waals surface area (Å²) in [6.07, 6.45) is -1.79. The Balaban J connectivity index is 2.09. The smallest absolute Gasteiger partial charge is 0.282 e. The second kappa shape index (κ2) is 6.26. The summed E-state index contributed by atoms with van der Waals surface area (Å²) in [5.41, 5.74) is 0. The number of amides is 4. The first-order valence-corrected chi connectivity index (χ1v) is 10.5. The fourth-order valence-corrected chi connectivity index (χ4v) is 5.08. The average Bonchev–Trinajstić information content (AvgIpc) is 2.85. The van der Waals surface area contributed by atoms with Crippen LogP contribution in [-0.2, 0) is 39.4 Å². The highest BCUT2D eigenvalue weighted by Crippen LogP contribution is 2.41. The van der Waals surface area contributed by atoms with Crippen LogP contribution >= 0.6 is 22.0 Å². The van der Waals surface area contributed by atoms with Gasteiger partial charge in [0.05, 0.1) is 34.8 Å². The Bertz CT molecular complexity index is 763. The lowest BCUT2D eigenvalue weighted by Gasteiger charge is -2.15. The van der Waals surface area contributed by atoms with Crippen molar-refractivity contribution < 1.29 is 45.1 Å². The van der Waals surface area contributed by atoms with Gasteiger partial charge in [-0.3, -0.25) is 28.3 Å². The number of carbonyl (C=O) groups is 4. The fraction of sp³-hybridized carbons (Fsp3) is 0.250. The van der Waals surface area contributed by atoms with Gasteiger partial charge in [0.2, 0.25) is 22.3 Å². The lowest BCUT2D eigenvalue weighted by molar-refractivity contribution is -0.133. The van der Waals surface area contributed by atoms with Crippen molar-refractivity contribution in [3.63, 3.8) is 0 Å². The van der Waals surface area contributed by atoms with Crippen LogP contribution in [0.5, 0.6) is 0 Å². The summed E-state index contributed by atoms with van der Waals surface area (Å²) in [4.78, 5) is 46.6. The summed E-state index contributed by atoms with van der Waals surface area (Å²) in [6.45, 7) is 0. The van der Waals surface area contributed by atoms with E-state index < -0.39 is 67.2 Å². The molecule has 2 rings (SSSR count). The molecule has 0 unspecified atom stereocenters. The molecule has 2 fully saturated rings. The molecule has 12 nitrogen and oxygen atoms in total. The largest absolute Gasteiger partial charge is 0.285 e. The predicted molar refractivity (Wildman–Crippen MR) is 77.7 cm³/mol. The van der Waals surface area contributed by atoms with Gasteiger partial charge in [-0.1, -0.05) is 0 Å². The Hall–Kier alpha value is -1.20. The van der Waals surface area contributed by atoms with E-state index in [1.807, 2.05) is 0 Å². The van der Waals surface area contributed by atoms with E-state index in [4.69, 9.17) is 9.11 Å². The Morgan fingerprint density at radius 3 is 1.21 bits per heavy atom. The molecule has 16 heteroatoms. The predicted octanol–water partition coefficient (Wildman–Crippen LogP) is -1.44. The quantitative estimate of drug-likeness (QED) is 0.230. The molecule has 0 spiro atoms. The highest BCUT2D eigenvalue weighted by Gasteiger charge is 2.51. The highest BCUT2D eigenvalue weighted by molar-refractivity contribution is 8.75. The molecule has 24 heavy (non-hydrogen) atoms. The van der Waals surface area contributed by atoms with Crippen LogP contribution in [0.25, 0.3) is 0 Å². The maximum Gasteiger partial charge on any atom is 0.282 e. The van der Waals surface area contributed by atoms with E-state index >= 15 is 0 Å². The van der Waals surface area contributed by atoms with Gasteiger partial charge >= 0.3 is 0 Å². The van der Waals surface area contributed by atoms with E-state index in [0.717, 1.165) is 0 Å². The minimum absolute atomic E-state index is 0.187. The van der Waals surface area contributed by atoms with Crippen LogP contribution < -0.4 is 0 Å². The zero-order valence-corrected chi connectivity index (χ0v) is 14.4. The van der Waals surface area contributed by atoms with Gasteiger partial charge < -0.3 is 0 Å². The maximum atomic E-state index is 11.7. The molecule has 2 N–H and O–H groups in total. The summed E-state index contributed by atoms with van der Waals surface area (Å²) < 4.78 is 62.0. The zero-order valence-electron chi connectivity index (χ0n) is 11.1. The molecular formula is C8H6N2O10S4. The molecule has 2 aliphatic heterocycles. The zero-order chi connectivity index (χ0) is 18.4. The topological polar surface area (TPSA) is 183 Å². The highest BCUT2D eigenvalue weighted by atomic mass is 33.1.